The number of hydrogen-bond acceptors (Lipinski definition) is 3. The SMILES string of the molecule is CCOC(=O)CC=Cc1ccc(OCC)cc1F. The van der Waals surface area contributed by atoms with E-state index in [1.807, 2.05) is 6.92 Å². The molecule has 4 heteroatoms. The first-order valence-electron chi connectivity index (χ1n) is 5.91. The fourth-order valence-corrected chi connectivity index (χ4v) is 1.40. The molecule has 0 fully saturated rings. The summed E-state index contributed by atoms with van der Waals surface area (Å²) in [5, 5.41) is 0. The highest BCUT2D eigenvalue weighted by Crippen LogP contribution is 2.17. The fraction of sp³-hybridized carbons (Fsp3) is 0.357. The van der Waals surface area contributed by atoms with Gasteiger partial charge in [0.1, 0.15) is 11.6 Å². The Balaban J connectivity index is 2.62. The normalized spacial score (nSPS) is 10.6. The molecule has 0 aliphatic carbocycles. The Kier molecular flexibility index (Phi) is 5.91. The minimum Gasteiger partial charge on any atom is -0.494 e. The molecule has 0 heterocycles. The first-order chi connectivity index (χ1) is 8.67. The van der Waals surface area contributed by atoms with Gasteiger partial charge < -0.3 is 9.47 Å². The van der Waals surface area contributed by atoms with Crippen molar-refractivity contribution in [2.24, 2.45) is 0 Å². The molecule has 1 aromatic rings. The first-order valence-corrected chi connectivity index (χ1v) is 5.91. The summed E-state index contributed by atoms with van der Waals surface area (Å²) in [6.07, 6.45) is 3.28. The highest BCUT2D eigenvalue weighted by atomic mass is 19.1. The summed E-state index contributed by atoms with van der Waals surface area (Å²) in [5.74, 6) is -0.196. The van der Waals surface area contributed by atoms with Crippen molar-refractivity contribution in [3.63, 3.8) is 0 Å². The molecule has 0 unspecified atom stereocenters. The Morgan fingerprint density at radius 3 is 2.72 bits per heavy atom. The van der Waals surface area contributed by atoms with Crippen molar-refractivity contribution in [2.75, 3.05) is 13.2 Å². The molecule has 0 aliphatic heterocycles. The molecule has 0 radical (unpaired) electrons. The van der Waals surface area contributed by atoms with Gasteiger partial charge >= 0.3 is 5.97 Å². The van der Waals surface area contributed by atoms with Crippen LogP contribution in [0.1, 0.15) is 25.8 Å². The Hall–Kier alpha value is -1.84. The van der Waals surface area contributed by atoms with Crippen molar-refractivity contribution in [1.82, 2.24) is 0 Å². The molecule has 3 nitrogen and oxygen atoms in total. The van der Waals surface area contributed by atoms with Crippen LogP contribution in [0.15, 0.2) is 24.3 Å². The molecule has 1 aromatic carbocycles. The maximum Gasteiger partial charge on any atom is 0.309 e. The van der Waals surface area contributed by atoms with Crippen molar-refractivity contribution in [1.29, 1.82) is 0 Å². The van der Waals surface area contributed by atoms with E-state index in [0.29, 0.717) is 24.5 Å². The lowest BCUT2D eigenvalue weighted by molar-refractivity contribution is -0.142. The lowest BCUT2D eigenvalue weighted by Crippen LogP contribution is -2.01. The molecule has 0 saturated carbocycles. The van der Waals surface area contributed by atoms with E-state index in [1.54, 1.807) is 31.2 Å². The summed E-state index contributed by atoms with van der Waals surface area (Å²) < 4.78 is 23.5. The quantitative estimate of drug-likeness (QED) is 0.729. The van der Waals surface area contributed by atoms with Gasteiger partial charge in [-0.15, -0.1) is 0 Å². The lowest BCUT2D eigenvalue weighted by Gasteiger charge is -2.04. The average molecular weight is 252 g/mol. The van der Waals surface area contributed by atoms with Gasteiger partial charge in [0.05, 0.1) is 19.6 Å². The van der Waals surface area contributed by atoms with E-state index < -0.39 is 0 Å². The largest absolute Gasteiger partial charge is 0.494 e. The predicted molar refractivity (Wildman–Crippen MR) is 67.9 cm³/mol. The second kappa shape index (κ2) is 7.48. The van der Waals surface area contributed by atoms with E-state index >= 15 is 0 Å². The van der Waals surface area contributed by atoms with Crippen molar-refractivity contribution in [3.8, 4) is 5.75 Å². The summed E-state index contributed by atoms with van der Waals surface area (Å²) >= 11 is 0. The van der Waals surface area contributed by atoms with Gasteiger partial charge in [0, 0.05) is 11.6 Å². The summed E-state index contributed by atoms with van der Waals surface area (Å²) in [7, 11) is 0. The molecule has 0 atom stereocenters. The zero-order valence-electron chi connectivity index (χ0n) is 10.6. The average Bonchev–Trinajstić information content (AvgIpc) is 2.33. The number of carbonyl (C=O) groups is 1. The van der Waals surface area contributed by atoms with Crippen LogP contribution in [0.4, 0.5) is 4.39 Å². The summed E-state index contributed by atoms with van der Waals surface area (Å²) in [4.78, 5) is 11.1. The number of halogens is 1. The van der Waals surface area contributed by atoms with Crippen LogP contribution in [0.2, 0.25) is 0 Å². The van der Waals surface area contributed by atoms with Crippen molar-refractivity contribution < 1.29 is 18.7 Å². The number of esters is 1. The van der Waals surface area contributed by atoms with E-state index in [9.17, 15) is 9.18 Å². The van der Waals surface area contributed by atoms with Crippen molar-refractivity contribution in [2.45, 2.75) is 20.3 Å². The molecule has 98 valence electrons. The van der Waals surface area contributed by atoms with Crippen molar-refractivity contribution in [3.05, 3.63) is 35.7 Å². The van der Waals surface area contributed by atoms with E-state index in [4.69, 9.17) is 9.47 Å². The van der Waals surface area contributed by atoms with Crippen LogP contribution in [0, 0.1) is 5.82 Å². The van der Waals surface area contributed by atoms with Gasteiger partial charge in [-0.2, -0.15) is 0 Å². The predicted octanol–water partition coefficient (Wildman–Crippen LogP) is 3.19. The zero-order chi connectivity index (χ0) is 13.4. The lowest BCUT2D eigenvalue weighted by atomic mass is 10.2. The Labute approximate surface area is 106 Å². The monoisotopic (exact) mass is 252 g/mol. The first kappa shape index (κ1) is 14.2. The van der Waals surface area contributed by atoms with Crippen LogP contribution in [0.3, 0.4) is 0 Å². The molecule has 0 saturated heterocycles. The molecule has 0 amide bonds. The highest BCUT2D eigenvalue weighted by molar-refractivity contribution is 5.72. The fourth-order valence-electron chi connectivity index (χ4n) is 1.40. The summed E-state index contributed by atoms with van der Waals surface area (Å²) in [5.41, 5.74) is 0.419. The highest BCUT2D eigenvalue weighted by Gasteiger charge is 2.02. The van der Waals surface area contributed by atoms with E-state index in [2.05, 4.69) is 0 Å². The third-order valence-electron chi connectivity index (χ3n) is 2.17. The van der Waals surface area contributed by atoms with Crippen LogP contribution >= 0.6 is 0 Å². The topological polar surface area (TPSA) is 35.5 Å². The third kappa shape index (κ3) is 4.57. The maximum absolute atomic E-state index is 13.6. The molecule has 0 N–H and O–H groups in total. The van der Waals surface area contributed by atoms with Crippen LogP contribution in [0.25, 0.3) is 6.08 Å². The Morgan fingerprint density at radius 2 is 2.11 bits per heavy atom. The van der Waals surface area contributed by atoms with Gasteiger partial charge in [-0.05, 0) is 26.0 Å². The van der Waals surface area contributed by atoms with Gasteiger partial charge in [-0.3, -0.25) is 4.79 Å². The molecule has 18 heavy (non-hydrogen) atoms. The smallest absolute Gasteiger partial charge is 0.309 e. The second-order valence-corrected chi connectivity index (χ2v) is 3.53. The van der Waals surface area contributed by atoms with Crippen LogP contribution < -0.4 is 4.74 Å². The molecule has 0 bridgehead atoms. The van der Waals surface area contributed by atoms with Gasteiger partial charge in [0.25, 0.3) is 0 Å². The minimum absolute atomic E-state index is 0.139. The molecule has 1 rings (SSSR count). The van der Waals surface area contributed by atoms with E-state index in [0.717, 1.165) is 0 Å². The number of rotatable bonds is 6. The van der Waals surface area contributed by atoms with Gasteiger partial charge in [-0.25, -0.2) is 4.39 Å². The maximum atomic E-state index is 13.6. The summed E-state index contributed by atoms with van der Waals surface area (Å²) in [6.45, 7) is 4.43. The van der Waals surface area contributed by atoms with Crippen LogP contribution in [-0.4, -0.2) is 19.2 Å². The van der Waals surface area contributed by atoms with E-state index in [1.165, 1.54) is 6.07 Å². The molecular formula is C14H17FO3. The number of carbonyl (C=O) groups excluding carboxylic acids is 1. The Bertz CT molecular complexity index is 427. The minimum atomic E-state index is -0.374. The molecule has 0 spiro atoms. The van der Waals surface area contributed by atoms with Gasteiger partial charge in [-0.1, -0.05) is 12.2 Å². The van der Waals surface area contributed by atoms with Gasteiger partial charge in [0.15, 0.2) is 0 Å². The van der Waals surface area contributed by atoms with Crippen LogP contribution in [-0.2, 0) is 9.53 Å². The molecule has 0 aliphatic rings. The Morgan fingerprint density at radius 1 is 1.33 bits per heavy atom. The number of ether oxygens (including phenoxy) is 2. The molecular weight excluding hydrogens is 235 g/mol. The summed E-state index contributed by atoms with van der Waals surface area (Å²) in [6, 6.07) is 4.63. The third-order valence-corrected chi connectivity index (χ3v) is 2.17. The number of hydrogen-bond donors (Lipinski definition) is 0. The molecule has 0 aromatic heterocycles. The van der Waals surface area contributed by atoms with Gasteiger partial charge in [0.2, 0.25) is 0 Å². The van der Waals surface area contributed by atoms with Crippen LogP contribution in [0.5, 0.6) is 5.75 Å². The van der Waals surface area contributed by atoms with E-state index in [-0.39, 0.29) is 18.2 Å². The van der Waals surface area contributed by atoms with Crippen molar-refractivity contribution >= 4 is 12.0 Å². The standard InChI is InChI=1S/C14H17FO3/c1-3-17-12-9-8-11(13(15)10-12)6-5-7-14(16)18-4-2/h5-6,8-10H,3-4,7H2,1-2H3. The zero-order valence-corrected chi connectivity index (χ0v) is 10.6. The second-order valence-electron chi connectivity index (χ2n) is 3.53. The number of benzene rings is 1.